The molecule has 0 aliphatic heterocycles. The fraction of sp³-hybridized carbons (Fsp3) is 0.525. The number of unbranched alkanes of at least 4 members (excludes halogenated alkanes) is 3. The van der Waals surface area contributed by atoms with Gasteiger partial charge in [0.1, 0.15) is 64.6 Å². The number of rotatable bonds is 46. The second-order valence-electron chi connectivity index (χ2n) is 35.5. The van der Waals surface area contributed by atoms with Crippen LogP contribution in [-0.2, 0) is 95.9 Å². The number of halogens is 4. The van der Waals surface area contributed by atoms with E-state index in [1.165, 1.54) is 93.6 Å². The van der Waals surface area contributed by atoms with E-state index in [4.69, 9.17) is 56.0 Å². The van der Waals surface area contributed by atoms with Gasteiger partial charge in [0.25, 0.3) is 0 Å². The molecule has 0 unspecified atom stereocenters. The molecule has 3 aliphatic carbocycles. The van der Waals surface area contributed by atoms with Crippen molar-refractivity contribution < 1.29 is 56.3 Å². The zero-order chi connectivity index (χ0) is 92.2. The number of methoxy groups -OCH3 is 3. The van der Waals surface area contributed by atoms with E-state index in [2.05, 4.69) is 81.8 Å². The highest BCUT2D eigenvalue weighted by Gasteiger charge is 2.29. The number of carbonyl (C=O) groups is 3. The monoisotopic (exact) mass is 1800 g/mol. The average molecular weight is 1800 g/mol. The molecule has 28 heteroatoms. The lowest BCUT2D eigenvalue weighted by Crippen LogP contribution is -2.41. The molecule has 0 spiro atoms. The number of carboxylic acids is 1. The van der Waals surface area contributed by atoms with Gasteiger partial charge in [0.2, 0.25) is 0 Å². The maximum Gasteiger partial charge on any atom is 0.329 e. The van der Waals surface area contributed by atoms with Crippen molar-refractivity contribution in [3.63, 3.8) is 0 Å². The first-order valence-electron chi connectivity index (χ1n) is 46.0. The molecule has 0 amide bonds. The summed E-state index contributed by atoms with van der Waals surface area (Å²) in [4.78, 5) is 83.1. The highest BCUT2D eigenvalue weighted by molar-refractivity contribution is 6.29. The van der Waals surface area contributed by atoms with E-state index in [9.17, 15) is 32.7 Å². The Hall–Kier alpha value is -9.84. The third-order valence-electron chi connectivity index (χ3n) is 22.4. The van der Waals surface area contributed by atoms with E-state index in [0.29, 0.717) is 68.8 Å². The van der Waals surface area contributed by atoms with Crippen LogP contribution >= 0.6 is 11.6 Å². The number of alkyl halides is 3. The molecule has 24 nitrogen and oxygen atoms in total. The number of aliphatic carboxylic acids is 1. The number of aryl methyl sites for hydroxylation is 9. The topological polar surface area (TPSA) is 293 Å². The van der Waals surface area contributed by atoms with Gasteiger partial charge in [-0.2, -0.15) is 0 Å². The number of nitrogens with one attached hydrogen (secondary N) is 2. The third-order valence-corrected chi connectivity index (χ3v) is 22.7. The highest BCUT2D eigenvalue weighted by atomic mass is 35.5. The number of carbonyl (C=O) groups excluding carboxylic acids is 2. The van der Waals surface area contributed by atoms with Crippen molar-refractivity contribution in [2.45, 2.75) is 243 Å². The van der Waals surface area contributed by atoms with Gasteiger partial charge >= 0.3 is 17.9 Å². The Morgan fingerprint density at radius 1 is 0.419 bits per heavy atom. The molecule has 9 heterocycles. The molecule has 12 rings (SSSR count). The summed E-state index contributed by atoms with van der Waals surface area (Å²) in [6, 6.07) is 33.7. The zero-order valence-electron chi connectivity index (χ0n) is 77.2. The molecule has 9 aromatic rings. The SMILES string of the molecule is COC[C@@H](F)CN(CCCCc1ccc2c(n1)CCCC2)CC[C@H](N)C(=O)OC(C)(C)C.COC[C@@H](F)CN(CCCCc1ccc2c(n1)CCCC2)CC[C@H](Nc1cc(-c2ccncc2)ccn1)C(=O)O.COC[C@@H](F)CN(CCCCc1ccc2c(n1)CCCC2)CC[C@H](Nc1cc(-c2ccncc2)ccn1)C(=O)OC(C)(C)C.Clc1cc(-c2ccncc2)ccn1. The molecule has 0 saturated heterocycles. The van der Waals surface area contributed by atoms with Gasteiger partial charge in [-0.15, -0.1) is 0 Å². The number of aromatic nitrogens is 9. The lowest BCUT2D eigenvalue weighted by Gasteiger charge is -2.28. The van der Waals surface area contributed by atoms with Gasteiger partial charge in [0, 0.05) is 151 Å². The standard InChI is InChI=1S/C35H48FN5O3.C31H40FN5O3.C25H42FN3O3.C10H7ClN2/c1-35(2,3)44-34(42)32(40-33-23-28(16-20-38-33)26-14-18-37-19-15-26)17-22-41(24-29(36)25-43-4)21-8-7-10-30-13-12-27-9-5-6-11-31(27)39-30;1-40-22-26(32)21-37(18-5-4-7-27-10-9-24-6-2-3-8-28(24)35-27)19-14-29(31(38)39)36-30-20-25(13-17-34-30)23-11-15-33-16-12-23;1-25(2,3)32-24(30)22(27)14-16-29(17-20(26)18-31-4)15-8-7-10-21-13-12-19-9-5-6-11-23(19)28-21;11-10-7-9(3-6-13-10)8-1-4-12-5-2-8/h12-16,18-20,23,29,32H,5-11,17,21-22,24-25H2,1-4H3,(H,38,40);9-13,15-17,20,26,29H,2-8,14,18-19,21-22H2,1H3,(H,34,36)(H,38,39);12-13,20,22H,5-11,14-18,27H2,1-4H3;1-7H/t29-,32-;26-,29-;20-,22-;/m000./s1. The van der Waals surface area contributed by atoms with Gasteiger partial charge in [-0.1, -0.05) is 29.8 Å². The molecule has 129 heavy (non-hydrogen) atoms. The van der Waals surface area contributed by atoms with Crippen molar-refractivity contribution in [2.24, 2.45) is 5.73 Å². The minimum absolute atomic E-state index is 0.0157. The molecule has 698 valence electrons. The van der Waals surface area contributed by atoms with Crippen molar-refractivity contribution in [1.29, 1.82) is 0 Å². The van der Waals surface area contributed by atoms with Gasteiger partial charge in [-0.05, 0) is 356 Å². The van der Waals surface area contributed by atoms with Gasteiger partial charge in [-0.3, -0.25) is 34.7 Å². The van der Waals surface area contributed by atoms with Crippen molar-refractivity contribution in [3.8, 4) is 33.4 Å². The Labute approximate surface area is 767 Å². The van der Waals surface area contributed by atoms with E-state index in [0.717, 1.165) is 153 Å². The number of ether oxygens (including phenoxy) is 5. The summed E-state index contributed by atoms with van der Waals surface area (Å²) in [6.07, 6.45) is 35.7. The molecule has 0 aromatic carbocycles. The number of hydrogen-bond donors (Lipinski definition) is 4. The predicted molar refractivity (Wildman–Crippen MR) is 504 cm³/mol. The lowest BCUT2D eigenvalue weighted by atomic mass is 9.95. The van der Waals surface area contributed by atoms with Gasteiger partial charge in [0.05, 0.1) is 19.8 Å². The minimum atomic E-state index is -1.14. The Bertz CT molecular complexity index is 4780. The number of nitrogens with two attached hydrogens (primary N) is 1. The smallest absolute Gasteiger partial charge is 0.329 e. The van der Waals surface area contributed by atoms with Crippen LogP contribution in [0, 0.1) is 0 Å². The molecule has 0 saturated carbocycles. The van der Waals surface area contributed by atoms with E-state index in [1.54, 1.807) is 55.8 Å². The van der Waals surface area contributed by atoms with Crippen LogP contribution in [0.2, 0.25) is 5.15 Å². The van der Waals surface area contributed by atoms with Crippen LogP contribution in [0.5, 0.6) is 0 Å². The van der Waals surface area contributed by atoms with Crippen molar-refractivity contribution in [2.75, 3.05) is 111 Å². The van der Waals surface area contributed by atoms with Crippen LogP contribution in [0.3, 0.4) is 0 Å². The number of pyridine rings is 9. The van der Waals surface area contributed by atoms with Crippen molar-refractivity contribution >= 4 is 41.1 Å². The Morgan fingerprint density at radius 2 is 0.744 bits per heavy atom. The summed E-state index contributed by atoms with van der Waals surface area (Å²) in [5.41, 5.74) is 22.2. The normalized spacial score (nSPS) is 14.4. The maximum absolute atomic E-state index is 14.7. The van der Waals surface area contributed by atoms with Crippen LogP contribution in [-0.4, -0.2) is 230 Å². The number of esters is 2. The molecular formula is C101H137ClF3N15O9. The second kappa shape index (κ2) is 55.4. The summed E-state index contributed by atoms with van der Waals surface area (Å²) in [7, 11) is 4.50. The highest BCUT2D eigenvalue weighted by Crippen LogP contribution is 2.28. The first-order valence-corrected chi connectivity index (χ1v) is 46.3. The fourth-order valence-corrected chi connectivity index (χ4v) is 16.1. The largest absolute Gasteiger partial charge is 0.480 e. The maximum atomic E-state index is 14.7. The Kier molecular flexibility index (Phi) is 44.2. The first-order chi connectivity index (χ1) is 62.2. The average Bonchev–Trinajstić information content (AvgIpc) is 0.853. The predicted octanol–water partition coefficient (Wildman–Crippen LogP) is 17.6. The zero-order valence-corrected chi connectivity index (χ0v) is 77.9. The van der Waals surface area contributed by atoms with Gasteiger partial charge in [0.15, 0.2) is 0 Å². The van der Waals surface area contributed by atoms with Crippen LogP contribution in [0.25, 0.3) is 33.4 Å². The number of fused-ring (bicyclic) bond motifs is 3. The van der Waals surface area contributed by atoms with Gasteiger partial charge < -0.3 is 59.9 Å². The summed E-state index contributed by atoms with van der Waals surface area (Å²) >= 11 is 5.77. The first kappa shape index (κ1) is 103. The number of hydrogen-bond acceptors (Lipinski definition) is 23. The quantitative estimate of drug-likeness (QED) is 0.0157. The van der Waals surface area contributed by atoms with Crippen LogP contribution in [0.4, 0.5) is 24.8 Å². The second-order valence-corrected chi connectivity index (χ2v) is 35.9. The Morgan fingerprint density at radius 3 is 1.10 bits per heavy atom. The van der Waals surface area contributed by atoms with E-state index in [-0.39, 0.29) is 45.4 Å². The van der Waals surface area contributed by atoms with Crippen LogP contribution in [0.1, 0.15) is 189 Å². The van der Waals surface area contributed by atoms with Crippen molar-refractivity contribution in [1.82, 2.24) is 59.6 Å². The van der Waals surface area contributed by atoms with E-state index >= 15 is 0 Å². The lowest BCUT2D eigenvalue weighted by molar-refractivity contribution is -0.157. The number of carboxylic acid groups (broad SMARTS) is 1. The number of anilines is 2. The molecule has 0 bridgehead atoms. The molecule has 0 fully saturated rings. The fourth-order valence-electron chi connectivity index (χ4n) is 15.9. The number of nitrogens with zero attached hydrogens (tertiary/aromatic N) is 12. The molecule has 5 N–H and O–H groups in total. The molecule has 9 aromatic heterocycles. The summed E-state index contributed by atoms with van der Waals surface area (Å²) < 4.78 is 69.6. The van der Waals surface area contributed by atoms with Crippen molar-refractivity contribution in [3.05, 3.63) is 221 Å². The van der Waals surface area contributed by atoms with E-state index < -0.39 is 59.8 Å². The van der Waals surface area contributed by atoms with Crippen LogP contribution in [0.15, 0.2) is 165 Å². The summed E-state index contributed by atoms with van der Waals surface area (Å²) in [5, 5.41) is 16.8. The third kappa shape index (κ3) is 38.6. The summed E-state index contributed by atoms with van der Waals surface area (Å²) in [5.74, 6) is -0.691. The molecule has 3 aliphatic rings. The molecule has 6 atom stereocenters. The minimum Gasteiger partial charge on any atom is -0.480 e. The summed E-state index contributed by atoms with van der Waals surface area (Å²) in [6.45, 7) is 15.5. The molecule has 0 radical (unpaired) electrons. The van der Waals surface area contributed by atoms with Crippen LogP contribution < -0.4 is 16.4 Å². The molecular weight excluding hydrogens is 1660 g/mol. The van der Waals surface area contributed by atoms with E-state index in [1.807, 2.05) is 124 Å². The van der Waals surface area contributed by atoms with Gasteiger partial charge in [-0.25, -0.2) is 37.7 Å². The Balaban J connectivity index is 0.000000205.